The van der Waals surface area contributed by atoms with Crippen molar-refractivity contribution < 1.29 is 24.0 Å². The van der Waals surface area contributed by atoms with Gasteiger partial charge in [0.1, 0.15) is 11.8 Å². The van der Waals surface area contributed by atoms with Gasteiger partial charge in [0.05, 0.1) is 40.1 Å². The van der Waals surface area contributed by atoms with Crippen LogP contribution in [0.3, 0.4) is 0 Å². The number of fused-ring (bicyclic) bond motifs is 5. The second-order valence-electron chi connectivity index (χ2n) is 9.79. The minimum Gasteiger partial charge on any atom is -0.496 e. The quantitative estimate of drug-likeness (QED) is 0.177. The summed E-state index contributed by atoms with van der Waals surface area (Å²) < 4.78 is 5.90. The van der Waals surface area contributed by atoms with Crippen molar-refractivity contribution in [2.75, 3.05) is 12.0 Å². The Balaban J connectivity index is 1.48. The normalized spacial score (nSPS) is 22.9. The molecule has 4 atom stereocenters. The van der Waals surface area contributed by atoms with Gasteiger partial charge in [-0.15, -0.1) is 0 Å². The molecule has 2 amide bonds. The van der Waals surface area contributed by atoms with E-state index in [4.69, 9.17) is 4.74 Å². The third kappa shape index (κ3) is 3.69. The zero-order chi connectivity index (χ0) is 27.6. The van der Waals surface area contributed by atoms with Crippen LogP contribution in [0.1, 0.15) is 33.1 Å². The number of hydrogen-bond donors (Lipinski definition) is 0. The predicted octanol–water partition coefficient (Wildman–Crippen LogP) is 5.07. The summed E-state index contributed by atoms with van der Waals surface area (Å²) in [7, 11) is 1.53. The van der Waals surface area contributed by atoms with E-state index in [0.717, 1.165) is 16.0 Å². The number of carbonyl (C=O) groups is 3. The lowest BCUT2D eigenvalue weighted by molar-refractivity contribution is -0.384. The number of hydrogen-bond acceptors (Lipinski definition) is 7. The lowest BCUT2D eigenvalue weighted by atomic mass is 9.83. The maximum Gasteiger partial charge on any atom is 0.269 e. The summed E-state index contributed by atoms with van der Waals surface area (Å²) in [5.41, 5.74) is 2.74. The zero-order valence-electron chi connectivity index (χ0n) is 20.9. The van der Waals surface area contributed by atoms with Gasteiger partial charge in [0.2, 0.25) is 11.8 Å². The zero-order valence-corrected chi connectivity index (χ0v) is 22.5. The Bertz CT molecular complexity index is 1620. The first kappa shape index (κ1) is 25.0. The summed E-state index contributed by atoms with van der Waals surface area (Å²) >= 11 is 3.43. The molecule has 3 aliphatic heterocycles. The van der Waals surface area contributed by atoms with Crippen LogP contribution in [0.2, 0.25) is 0 Å². The van der Waals surface area contributed by atoms with Crippen molar-refractivity contribution in [3.05, 3.63) is 104 Å². The predicted molar refractivity (Wildman–Crippen MR) is 146 cm³/mol. The van der Waals surface area contributed by atoms with Crippen LogP contribution in [0.25, 0.3) is 6.08 Å². The molecule has 3 aromatic rings. The van der Waals surface area contributed by atoms with Gasteiger partial charge in [0.15, 0.2) is 5.78 Å². The Morgan fingerprint density at radius 1 is 1.03 bits per heavy atom. The SMILES string of the molecule is COc1ccc(C(=O)C2C3C(=O)N(c4ccc([N+](=O)[O-])cc4C)C(=O)C3C3c4ccccc4C=CN23)cc1Br. The monoisotopic (exact) mass is 587 g/mol. The van der Waals surface area contributed by atoms with E-state index in [-0.39, 0.29) is 17.2 Å². The number of nitrogens with zero attached hydrogens (tertiary/aromatic N) is 3. The van der Waals surface area contributed by atoms with Gasteiger partial charge in [-0.1, -0.05) is 24.3 Å². The molecule has 0 radical (unpaired) electrons. The number of non-ortho nitro benzene ring substituents is 1. The molecule has 0 aromatic heterocycles. The molecule has 6 rings (SSSR count). The van der Waals surface area contributed by atoms with Crippen molar-refractivity contribution in [3.8, 4) is 5.75 Å². The molecule has 0 spiro atoms. The van der Waals surface area contributed by atoms with Gasteiger partial charge < -0.3 is 9.64 Å². The average Bonchev–Trinajstić information content (AvgIpc) is 3.40. The fourth-order valence-electron chi connectivity index (χ4n) is 6.09. The fourth-order valence-corrected chi connectivity index (χ4v) is 6.63. The first-order valence-corrected chi connectivity index (χ1v) is 13.1. The van der Waals surface area contributed by atoms with Gasteiger partial charge >= 0.3 is 0 Å². The van der Waals surface area contributed by atoms with E-state index in [0.29, 0.717) is 21.3 Å². The number of halogens is 1. The number of Topliss-reactive ketones (excluding diaryl/α,β-unsaturated/α-hetero) is 1. The van der Waals surface area contributed by atoms with Crippen LogP contribution in [-0.2, 0) is 9.59 Å². The van der Waals surface area contributed by atoms with Crippen molar-refractivity contribution in [2.24, 2.45) is 11.8 Å². The number of rotatable bonds is 5. The van der Waals surface area contributed by atoms with Gasteiger partial charge in [0.25, 0.3) is 5.69 Å². The minimum absolute atomic E-state index is 0.133. The number of anilines is 1. The Hall–Kier alpha value is -4.31. The molecule has 2 fully saturated rings. The van der Waals surface area contributed by atoms with Crippen LogP contribution in [-0.4, -0.2) is 40.6 Å². The summed E-state index contributed by atoms with van der Waals surface area (Å²) in [6.45, 7) is 1.62. The largest absolute Gasteiger partial charge is 0.496 e. The first-order valence-electron chi connectivity index (χ1n) is 12.3. The van der Waals surface area contributed by atoms with Crippen LogP contribution in [0.5, 0.6) is 5.75 Å². The molecular weight excluding hydrogens is 566 g/mol. The highest BCUT2D eigenvalue weighted by atomic mass is 79.9. The highest BCUT2D eigenvalue weighted by molar-refractivity contribution is 9.10. The minimum atomic E-state index is -0.943. The van der Waals surface area contributed by atoms with Crippen molar-refractivity contribution in [1.29, 1.82) is 0 Å². The molecule has 2 saturated heterocycles. The van der Waals surface area contributed by atoms with E-state index >= 15 is 0 Å². The molecular formula is C29H22BrN3O6. The Morgan fingerprint density at radius 3 is 2.46 bits per heavy atom. The highest BCUT2D eigenvalue weighted by Gasteiger charge is 2.64. The van der Waals surface area contributed by atoms with Crippen LogP contribution in [0, 0.1) is 28.9 Å². The summed E-state index contributed by atoms with van der Waals surface area (Å²) in [6.07, 6.45) is 3.69. The van der Waals surface area contributed by atoms with Gasteiger partial charge in [-0.05, 0) is 69.9 Å². The number of nitro benzene ring substituents is 1. The van der Waals surface area contributed by atoms with Crippen LogP contribution in [0.4, 0.5) is 11.4 Å². The number of carbonyl (C=O) groups excluding carboxylic acids is 3. The molecule has 39 heavy (non-hydrogen) atoms. The maximum atomic E-state index is 14.1. The van der Waals surface area contributed by atoms with Crippen molar-refractivity contribution in [3.63, 3.8) is 0 Å². The number of nitro groups is 1. The number of ether oxygens (including phenoxy) is 1. The van der Waals surface area contributed by atoms with Crippen LogP contribution in [0.15, 0.2) is 71.3 Å². The summed E-state index contributed by atoms with van der Waals surface area (Å²) in [5.74, 6) is -2.40. The van der Waals surface area contributed by atoms with E-state index in [1.54, 1.807) is 31.3 Å². The number of ketones is 1. The topological polar surface area (TPSA) is 110 Å². The summed E-state index contributed by atoms with van der Waals surface area (Å²) in [4.78, 5) is 55.9. The highest BCUT2D eigenvalue weighted by Crippen LogP contribution is 2.54. The molecule has 10 heteroatoms. The molecule has 0 bridgehead atoms. The second-order valence-corrected chi connectivity index (χ2v) is 10.6. The lowest BCUT2D eigenvalue weighted by Gasteiger charge is -2.35. The van der Waals surface area contributed by atoms with Crippen molar-refractivity contribution >= 4 is 51.0 Å². The second kappa shape index (κ2) is 9.16. The third-order valence-corrected chi connectivity index (χ3v) is 8.42. The molecule has 3 aromatic carbocycles. The average molecular weight is 588 g/mol. The smallest absolute Gasteiger partial charge is 0.269 e. The number of methoxy groups -OCH3 is 1. The number of imide groups is 1. The number of aryl methyl sites for hydroxylation is 1. The van der Waals surface area contributed by atoms with Crippen molar-refractivity contribution in [2.45, 2.75) is 19.0 Å². The Labute approximate surface area is 231 Å². The van der Waals surface area contributed by atoms with Gasteiger partial charge in [-0.25, -0.2) is 4.90 Å². The van der Waals surface area contributed by atoms with Gasteiger partial charge in [-0.2, -0.15) is 0 Å². The van der Waals surface area contributed by atoms with E-state index in [2.05, 4.69) is 15.9 Å². The third-order valence-electron chi connectivity index (χ3n) is 7.80. The maximum absolute atomic E-state index is 14.1. The molecule has 196 valence electrons. The number of amides is 2. The Morgan fingerprint density at radius 2 is 1.77 bits per heavy atom. The van der Waals surface area contributed by atoms with E-state index in [1.807, 2.05) is 35.2 Å². The summed E-state index contributed by atoms with van der Waals surface area (Å²) in [6, 6.07) is 15.2. The molecule has 4 unspecified atom stereocenters. The molecule has 9 nitrogen and oxygen atoms in total. The first-order chi connectivity index (χ1) is 18.7. The lowest BCUT2D eigenvalue weighted by Crippen LogP contribution is -2.44. The van der Waals surface area contributed by atoms with E-state index in [1.165, 1.54) is 25.3 Å². The van der Waals surface area contributed by atoms with Crippen molar-refractivity contribution in [1.82, 2.24) is 4.90 Å². The Kier molecular flexibility index (Phi) is 5.87. The fraction of sp³-hybridized carbons (Fsp3) is 0.207. The van der Waals surface area contributed by atoms with Gasteiger partial charge in [0, 0.05) is 23.9 Å². The standard InChI is InChI=1S/C29H22BrN3O6/c1-15-13-18(33(37)38)8-9-21(15)32-28(35)23-24(29(32)36)26(27(34)17-7-10-22(39-2)20(30)14-17)31-12-11-16-5-3-4-6-19(16)25(23)31/h3-14,23-26H,1-2H3. The van der Waals surface area contributed by atoms with Crippen LogP contribution >= 0.6 is 15.9 Å². The number of benzene rings is 3. The molecule has 3 aliphatic rings. The van der Waals surface area contributed by atoms with Gasteiger partial charge in [-0.3, -0.25) is 24.5 Å². The molecule has 3 heterocycles. The van der Waals surface area contributed by atoms with Crippen LogP contribution < -0.4 is 9.64 Å². The molecule has 0 N–H and O–H groups in total. The summed E-state index contributed by atoms with van der Waals surface area (Å²) in [5, 5.41) is 11.3. The molecule has 0 aliphatic carbocycles. The van der Waals surface area contributed by atoms with E-state index in [9.17, 15) is 24.5 Å². The van der Waals surface area contributed by atoms with E-state index < -0.39 is 40.7 Å². The molecule has 0 saturated carbocycles.